The number of piperidine rings is 1. The van der Waals surface area contributed by atoms with E-state index in [4.69, 9.17) is 0 Å². The Bertz CT molecular complexity index is 319. The van der Waals surface area contributed by atoms with Crippen molar-refractivity contribution in [2.75, 3.05) is 19.3 Å². The molecule has 0 radical (unpaired) electrons. The highest BCUT2D eigenvalue weighted by atomic mass is 32.2. The third-order valence-electron chi connectivity index (χ3n) is 3.64. The van der Waals surface area contributed by atoms with Crippen LogP contribution in [0.25, 0.3) is 0 Å². The van der Waals surface area contributed by atoms with E-state index in [0.29, 0.717) is 17.8 Å². The van der Waals surface area contributed by atoms with Crippen molar-refractivity contribution in [3.05, 3.63) is 0 Å². The smallest absolute Gasteiger partial charge is 0.214 e. The number of nitrogens with zero attached hydrogens (tertiary/aromatic N) is 1. The van der Waals surface area contributed by atoms with E-state index in [1.807, 2.05) is 0 Å². The molecule has 1 atom stereocenters. The highest BCUT2D eigenvalue weighted by molar-refractivity contribution is 7.89. The molecule has 0 aromatic rings. The SMILES string of the molecule is CN(C1CC1)S(=O)(=O)CCC1CCCCN1. The lowest BCUT2D eigenvalue weighted by Crippen LogP contribution is -2.38. The lowest BCUT2D eigenvalue weighted by molar-refractivity contribution is 0.388. The van der Waals surface area contributed by atoms with Gasteiger partial charge in [0.05, 0.1) is 5.75 Å². The zero-order valence-corrected chi connectivity index (χ0v) is 10.8. The summed E-state index contributed by atoms with van der Waals surface area (Å²) in [5.41, 5.74) is 0. The van der Waals surface area contributed by atoms with Gasteiger partial charge in [0.2, 0.25) is 10.0 Å². The zero-order valence-electron chi connectivity index (χ0n) is 9.98. The molecule has 5 heteroatoms. The van der Waals surface area contributed by atoms with Crippen LogP contribution in [0, 0.1) is 0 Å². The molecule has 1 N–H and O–H groups in total. The van der Waals surface area contributed by atoms with Crippen LogP contribution in [0.1, 0.15) is 38.5 Å². The fourth-order valence-corrected chi connectivity index (χ4v) is 3.81. The summed E-state index contributed by atoms with van der Waals surface area (Å²) in [4.78, 5) is 0. The fourth-order valence-electron chi connectivity index (χ4n) is 2.27. The summed E-state index contributed by atoms with van der Waals surface area (Å²) in [5.74, 6) is 0.303. The molecule has 0 spiro atoms. The molecule has 1 unspecified atom stereocenters. The first-order chi connectivity index (χ1) is 7.59. The van der Waals surface area contributed by atoms with Crippen LogP contribution in [-0.4, -0.2) is 44.2 Å². The van der Waals surface area contributed by atoms with Gasteiger partial charge < -0.3 is 5.32 Å². The normalized spacial score (nSPS) is 27.2. The summed E-state index contributed by atoms with van der Waals surface area (Å²) < 4.78 is 25.5. The van der Waals surface area contributed by atoms with Crippen LogP contribution >= 0.6 is 0 Å². The maximum atomic E-state index is 12.0. The third-order valence-corrected chi connectivity index (χ3v) is 5.56. The number of nitrogens with one attached hydrogen (secondary N) is 1. The molecule has 1 aliphatic heterocycles. The monoisotopic (exact) mass is 246 g/mol. The molecule has 4 nitrogen and oxygen atoms in total. The van der Waals surface area contributed by atoms with Gasteiger partial charge in [-0.1, -0.05) is 6.42 Å². The molecule has 0 amide bonds. The Morgan fingerprint density at radius 2 is 2.00 bits per heavy atom. The predicted molar refractivity (Wildman–Crippen MR) is 64.8 cm³/mol. The fraction of sp³-hybridized carbons (Fsp3) is 1.00. The van der Waals surface area contributed by atoms with Crippen LogP contribution in [0.2, 0.25) is 0 Å². The summed E-state index contributed by atoms with van der Waals surface area (Å²) in [5, 5.41) is 3.39. The van der Waals surface area contributed by atoms with Gasteiger partial charge in [0, 0.05) is 19.1 Å². The van der Waals surface area contributed by atoms with Crippen LogP contribution in [0.15, 0.2) is 0 Å². The molecule has 2 rings (SSSR count). The van der Waals surface area contributed by atoms with Crippen molar-refractivity contribution < 1.29 is 8.42 Å². The average molecular weight is 246 g/mol. The highest BCUT2D eigenvalue weighted by Gasteiger charge is 2.34. The van der Waals surface area contributed by atoms with Gasteiger partial charge in [-0.05, 0) is 38.6 Å². The first kappa shape index (κ1) is 12.3. The van der Waals surface area contributed by atoms with Gasteiger partial charge in [0.15, 0.2) is 0 Å². The standard InChI is InChI=1S/C11H22N2O2S/c1-13(11-5-6-11)16(14,15)9-7-10-4-2-3-8-12-10/h10-12H,2-9H2,1H3. The minimum atomic E-state index is -3.00. The van der Waals surface area contributed by atoms with Crippen molar-refractivity contribution in [2.24, 2.45) is 0 Å². The Labute approximate surface area is 98.4 Å². The first-order valence-corrected chi connectivity index (χ1v) is 7.89. The maximum absolute atomic E-state index is 12.0. The summed E-state index contributed by atoms with van der Waals surface area (Å²) in [6, 6.07) is 0.709. The zero-order chi connectivity index (χ0) is 11.6. The van der Waals surface area contributed by atoms with Crippen molar-refractivity contribution in [3.63, 3.8) is 0 Å². The lowest BCUT2D eigenvalue weighted by Gasteiger charge is -2.24. The van der Waals surface area contributed by atoms with E-state index < -0.39 is 10.0 Å². The molecule has 0 aromatic heterocycles. The molecule has 0 aromatic carbocycles. The van der Waals surface area contributed by atoms with E-state index in [0.717, 1.165) is 32.2 Å². The van der Waals surface area contributed by atoms with Crippen molar-refractivity contribution >= 4 is 10.0 Å². The molecule has 1 heterocycles. The van der Waals surface area contributed by atoms with Crippen molar-refractivity contribution in [1.29, 1.82) is 0 Å². The molecule has 1 aliphatic carbocycles. The first-order valence-electron chi connectivity index (χ1n) is 6.29. The van der Waals surface area contributed by atoms with Gasteiger partial charge in [-0.15, -0.1) is 0 Å². The molecule has 2 fully saturated rings. The molecule has 2 aliphatic rings. The molecule has 0 bridgehead atoms. The number of hydrogen-bond acceptors (Lipinski definition) is 3. The Morgan fingerprint density at radius 3 is 2.56 bits per heavy atom. The Kier molecular flexibility index (Phi) is 3.87. The minimum Gasteiger partial charge on any atom is -0.314 e. The maximum Gasteiger partial charge on any atom is 0.214 e. The van der Waals surface area contributed by atoms with Crippen LogP contribution in [0.5, 0.6) is 0 Å². The summed E-state index contributed by atoms with van der Waals surface area (Å²) in [6.07, 6.45) is 6.43. The van der Waals surface area contributed by atoms with Gasteiger partial charge in [-0.2, -0.15) is 0 Å². The number of hydrogen-bond donors (Lipinski definition) is 1. The van der Waals surface area contributed by atoms with Gasteiger partial charge in [0.1, 0.15) is 0 Å². The van der Waals surface area contributed by atoms with Crippen LogP contribution in [0.3, 0.4) is 0 Å². The molecular formula is C11H22N2O2S. The van der Waals surface area contributed by atoms with Crippen LogP contribution in [-0.2, 0) is 10.0 Å². The third kappa shape index (κ3) is 3.18. The molecule has 1 saturated carbocycles. The van der Waals surface area contributed by atoms with Crippen molar-refractivity contribution in [2.45, 2.75) is 50.6 Å². The molecule has 94 valence electrons. The molecule has 1 saturated heterocycles. The lowest BCUT2D eigenvalue weighted by atomic mass is 10.0. The molecular weight excluding hydrogens is 224 g/mol. The summed E-state index contributed by atoms with van der Waals surface area (Å²) in [6.45, 7) is 1.04. The van der Waals surface area contributed by atoms with E-state index in [2.05, 4.69) is 5.32 Å². The van der Waals surface area contributed by atoms with Crippen LogP contribution in [0.4, 0.5) is 0 Å². The van der Waals surface area contributed by atoms with Crippen molar-refractivity contribution in [3.8, 4) is 0 Å². The van der Waals surface area contributed by atoms with Crippen molar-refractivity contribution in [1.82, 2.24) is 9.62 Å². The van der Waals surface area contributed by atoms with E-state index in [1.54, 1.807) is 11.4 Å². The number of sulfonamides is 1. The Balaban J connectivity index is 1.78. The Morgan fingerprint density at radius 1 is 1.25 bits per heavy atom. The van der Waals surface area contributed by atoms with E-state index in [1.165, 1.54) is 12.8 Å². The predicted octanol–water partition coefficient (Wildman–Crippen LogP) is 0.943. The second-order valence-electron chi connectivity index (χ2n) is 5.00. The van der Waals surface area contributed by atoms with E-state index in [9.17, 15) is 8.42 Å². The van der Waals surface area contributed by atoms with E-state index in [-0.39, 0.29) is 0 Å². The average Bonchev–Trinajstić information content (AvgIpc) is 3.11. The highest BCUT2D eigenvalue weighted by Crippen LogP contribution is 2.28. The second kappa shape index (κ2) is 5.02. The topological polar surface area (TPSA) is 49.4 Å². The van der Waals surface area contributed by atoms with Crippen LogP contribution < -0.4 is 5.32 Å². The van der Waals surface area contributed by atoms with Gasteiger partial charge in [0.25, 0.3) is 0 Å². The summed E-state index contributed by atoms with van der Waals surface area (Å²) in [7, 11) is -1.28. The minimum absolute atomic E-state index is 0.296. The van der Waals surface area contributed by atoms with Gasteiger partial charge in [-0.25, -0.2) is 12.7 Å². The second-order valence-corrected chi connectivity index (χ2v) is 7.15. The quantitative estimate of drug-likeness (QED) is 0.785. The van der Waals surface area contributed by atoms with Gasteiger partial charge >= 0.3 is 0 Å². The number of rotatable bonds is 5. The molecule has 16 heavy (non-hydrogen) atoms. The largest absolute Gasteiger partial charge is 0.314 e. The Hall–Kier alpha value is -0.130. The van der Waals surface area contributed by atoms with Gasteiger partial charge in [-0.3, -0.25) is 0 Å². The van der Waals surface area contributed by atoms with E-state index >= 15 is 0 Å². The summed E-state index contributed by atoms with van der Waals surface area (Å²) >= 11 is 0.